The molecule has 0 radical (unpaired) electrons. The molecule has 0 rings (SSSR count). The summed E-state index contributed by atoms with van der Waals surface area (Å²) in [5.41, 5.74) is 1.01. The van der Waals surface area contributed by atoms with Crippen molar-refractivity contribution >= 4 is 14.3 Å². The van der Waals surface area contributed by atoms with E-state index in [-0.39, 0.29) is 5.97 Å². The highest BCUT2D eigenvalue weighted by Gasteiger charge is 2.43. The van der Waals surface area contributed by atoms with E-state index in [2.05, 4.69) is 34.6 Å². The van der Waals surface area contributed by atoms with E-state index in [0.29, 0.717) is 11.1 Å². The van der Waals surface area contributed by atoms with Crippen molar-refractivity contribution in [3.8, 4) is 0 Å². The molecular weight excluding hydrogens is 252 g/mol. The minimum Gasteiger partial charge on any atom is -0.519 e. The van der Waals surface area contributed by atoms with Crippen LogP contribution in [-0.4, -0.2) is 14.3 Å². The van der Waals surface area contributed by atoms with Gasteiger partial charge in [-0.05, 0) is 17.1 Å². The van der Waals surface area contributed by atoms with Crippen LogP contribution in [0.25, 0.3) is 0 Å². The van der Waals surface area contributed by atoms with Crippen LogP contribution in [0.5, 0.6) is 0 Å². The van der Waals surface area contributed by atoms with Crippen molar-refractivity contribution in [2.45, 2.75) is 97.2 Å². The second-order valence-corrected chi connectivity index (χ2v) is 11.3. The molecule has 0 saturated carbocycles. The van der Waals surface area contributed by atoms with Crippen molar-refractivity contribution in [2.75, 3.05) is 0 Å². The third-order valence-electron chi connectivity index (χ3n) is 4.21. The highest BCUT2D eigenvalue weighted by Crippen LogP contribution is 2.38. The molecule has 0 bridgehead atoms. The number of carbonyl (C=O) groups is 1. The van der Waals surface area contributed by atoms with Gasteiger partial charge in [0, 0.05) is 6.92 Å². The van der Waals surface area contributed by atoms with Crippen LogP contribution in [0, 0.1) is 0 Å². The van der Waals surface area contributed by atoms with Gasteiger partial charge in [0.05, 0.1) is 0 Å². The fourth-order valence-electron chi connectivity index (χ4n) is 2.98. The predicted molar refractivity (Wildman–Crippen MR) is 85.9 cm³/mol. The van der Waals surface area contributed by atoms with Gasteiger partial charge in [0.15, 0.2) is 0 Å². The van der Waals surface area contributed by atoms with Gasteiger partial charge in [-0.25, -0.2) is 0 Å². The Bertz CT molecular complexity index is 241. The molecule has 0 aliphatic carbocycles. The van der Waals surface area contributed by atoms with Gasteiger partial charge in [-0.2, -0.15) is 0 Å². The van der Waals surface area contributed by atoms with Crippen molar-refractivity contribution in [1.82, 2.24) is 0 Å². The zero-order valence-electron chi connectivity index (χ0n) is 13.9. The number of hydrogen-bond acceptors (Lipinski definition) is 2. The lowest BCUT2D eigenvalue weighted by Crippen LogP contribution is -2.46. The molecule has 0 atom stereocenters. The van der Waals surface area contributed by atoms with Crippen LogP contribution in [0.1, 0.15) is 80.1 Å². The average molecular weight is 287 g/mol. The van der Waals surface area contributed by atoms with Crippen LogP contribution < -0.4 is 0 Å². The Labute approximate surface area is 121 Å². The summed E-state index contributed by atoms with van der Waals surface area (Å²) < 4.78 is 5.89. The van der Waals surface area contributed by atoms with E-state index >= 15 is 0 Å². The molecule has 0 aliphatic rings. The Morgan fingerprint density at radius 3 is 1.84 bits per heavy atom. The summed E-state index contributed by atoms with van der Waals surface area (Å²) in [5, 5.41) is 0. The Hall–Kier alpha value is -0.313. The zero-order chi connectivity index (χ0) is 14.9. The van der Waals surface area contributed by atoms with Crippen LogP contribution in [0.2, 0.25) is 17.1 Å². The fraction of sp³-hybridized carbons (Fsp3) is 0.938. The number of carbonyl (C=O) groups excluding carboxylic acids is 1. The largest absolute Gasteiger partial charge is 0.519 e. The average Bonchev–Trinajstić information content (AvgIpc) is 2.30. The molecule has 19 heavy (non-hydrogen) atoms. The minimum atomic E-state index is -1.93. The SMILES string of the molecule is CCCCCCCC[Si](OC(C)=O)(C(C)C)C(C)C. The van der Waals surface area contributed by atoms with E-state index in [9.17, 15) is 4.79 Å². The Balaban J connectivity index is 4.37. The molecule has 0 aliphatic heterocycles. The Kier molecular flexibility index (Phi) is 9.41. The molecule has 0 aromatic heterocycles. The van der Waals surface area contributed by atoms with Gasteiger partial charge in [-0.1, -0.05) is 73.1 Å². The fourth-order valence-corrected chi connectivity index (χ4v) is 7.38. The first-order chi connectivity index (χ1) is 8.86. The van der Waals surface area contributed by atoms with Gasteiger partial charge in [-0.3, -0.25) is 4.79 Å². The van der Waals surface area contributed by atoms with Crippen LogP contribution in [0.4, 0.5) is 0 Å². The van der Waals surface area contributed by atoms with Gasteiger partial charge in [0.1, 0.15) is 0 Å². The van der Waals surface area contributed by atoms with Gasteiger partial charge in [-0.15, -0.1) is 0 Å². The molecule has 0 unspecified atom stereocenters. The zero-order valence-corrected chi connectivity index (χ0v) is 14.9. The summed E-state index contributed by atoms with van der Waals surface area (Å²) in [4.78, 5) is 11.5. The van der Waals surface area contributed by atoms with E-state index < -0.39 is 8.32 Å². The summed E-state index contributed by atoms with van der Waals surface area (Å²) in [6.07, 6.45) is 7.83. The highest BCUT2D eigenvalue weighted by atomic mass is 28.4. The molecule has 0 amide bonds. The summed E-state index contributed by atoms with van der Waals surface area (Å²) in [6.45, 7) is 12.7. The summed E-state index contributed by atoms with van der Waals surface area (Å²) >= 11 is 0. The monoisotopic (exact) mass is 286 g/mol. The normalized spacial score (nSPS) is 12.2. The first-order valence-electron chi connectivity index (χ1n) is 8.06. The smallest absolute Gasteiger partial charge is 0.289 e. The molecule has 0 saturated heterocycles. The van der Waals surface area contributed by atoms with Crippen LogP contribution in [0.15, 0.2) is 0 Å². The quantitative estimate of drug-likeness (QED) is 0.382. The first kappa shape index (κ1) is 18.7. The maximum absolute atomic E-state index is 11.5. The van der Waals surface area contributed by atoms with Crippen LogP contribution in [-0.2, 0) is 9.22 Å². The van der Waals surface area contributed by atoms with Crippen LogP contribution >= 0.6 is 0 Å². The van der Waals surface area contributed by atoms with Gasteiger partial charge in [0.2, 0.25) is 0 Å². The van der Waals surface area contributed by atoms with E-state index in [0.717, 1.165) is 6.04 Å². The Morgan fingerprint density at radius 1 is 0.947 bits per heavy atom. The van der Waals surface area contributed by atoms with Gasteiger partial charge < -0.3 is 4.43 Å². The number of unbranched alkanes of at least 4 members (excludes halogenated alkanes) is 5. The second kappa shape index (κ2) is 9.57. The van der Waals surface area contributed by atoms with E-state index in [4.69, 9.17) is 4.43 Å². The van der Waals surface area contributed by atoms with Crippen molar-refractivity contribution in [1.29, 1.82) is 0 Å². The van der Waals surface area contributed by atoms with Crippen molar-refractivity contribution in [3.05, 3.63) is 0 Å². The molecule has 2 nitrogen and oxygen atoms in total. The second-order valence-electron chi connectivity index (χ2n) is 6.38. The standard InChI is InChI=1S/C16H34O2Si/c1-7-8-9-10-11-12-13-19(14(2)3,15(4)5)18-16(6)17/h14-15H,7-13H2,1-6H3. The Morgan fingerprint density at radius 2 is 1.42 bits per heavy atom. The lowest BCUT2D eigenvalue weighted by molar-refractivity contribution is -0.133. The first-order valence-corrected chi connectivity index (χ1v) is 10.3. The maximum Gasteiger partial charge on any atom is 0.289 e. The molecule has 0 N–H and O–H groups in total. The van der Waals surface area contributed by atoms with E-state index in [1.165, 1.54) is 38.5 Å². The lowest BCUT2D eigenvalue weighted by Gasteiger charge is -2.37. The lowest BCUT2D eigenvalue weighted by atomic mass is 10.1. The molecule has 0 spiro atoms. The molecule has 114 valence electrons. The summed E-state index contributed by atoms with van der Waals surface area (Å²) in [6, 6.07) is 1.13. The molecule has 0 heterocycles. The van der Waals surface area contributed by atoms with Crippen molar-refractivity contribution < 1.29 is 9.22 Å². The molecular formula is C16H34O2Si. The van der Waals surface area contributed by atoms with Crippen molar-refractivity contribution in [2.24, 2.45) is 0 Å². The molecule has 3 heteroatoms. The van der Waals surface area contributed by atoms with Crippen molar-refractivity contribution in [3.63, 3.8) is 0 Å². The van der Waals surface area contributed by atoms with Crippen LogP contribution in [0.3, 0.4) is 0 Å². The third kappa shape index (κ3) is 6.60. The number of hydrogen-bond donors (Lipinski definition) is 0. The van der Waals surface area contributed by atoms with Gasteiger partial charge >= 0.3 is 0 Å². The van der Waals surface area contributed by atoms with Gasteiger partial charge in [0.25, 0.3) is 14.3 Å². The number of rotatable bonds is 10. The highest BCUT2D eigenvalue weighted by molar-refractivity contribution is 6.77. The summed E-state index contributed by atoms with van der Waals surface area (Å²) in [5.74, 6) is -0.0833. The van der Waals surface area contributed by atoms with E-state index in [1.807, 2.05) is 0 Å². The third-order valence-corrected chi connectivity index (χ3v) is 9.92. The predicted octanol–water partition coefficient (Wildman–Crippen LogP) is 5.68. The van der Waals surface area contributed by atoms with E-state index in [1.54, 1.807) is 6.92 Å². The molecule has 0 aromatic rings. The minimum absolute atomic E-state index is 0.0833. The maximum atomic E-state index is 11.5. The summed E-state index contributed by atoms with van der Waals surface area (Å²) in [7, 11) is -1.93. The molecule has 0 aromatic carbocycles. The topological polar surface area (TPSA) is 26.3 Å². The molecule has 0 fully saturated rings.